The second-order valence-corrected chi connectivity index (χ2v) is 5.42. The quantitative estimate of drug-likeness (QED) is 0.775. The summed E-state index contributed by atoms with van der Waals surface area (Å²) < 4.78 is 13.1. The van der Waals surface area contributed by atoms with E-state index < -0.39 is 0 Å². The van der Waals surface area contributed by atoms with Gasteiger partial charge in [0.1, 0.15) is 5.82 Å². The molecule has 0 unspecified atom stereocenters. The number of benzene rings is 2. The average Bonchev–Trinajstić information content (AvgIpc) is 2.49. The first-order chi connectivity index (χ1) is 10.1. The van der Waals surface area contributed by atoms with Crippen LogP contribution in [0.5, 0.6) is 0 Å². The SMILES string of the molecule is CCCNCc1ccc(Cl)cc1N(C)c1ccc(F)cc1. The number of nitrogens with one attached hydrogen (secondary N) is 1. The van der Waals surface area contributed by atoms with Crippen LogP contribution in [0.1, 0.15) is 18.9 Å². The lowest BCUT2D eigenvalue weighted by molar-refractivity contribution is 0.628. The van der Waals surface area contributed by atoms with Crippen LogP contribution in [-0.2, 0) is 6.54 Å². The van der Waals surface area contributed by atoms with Crippen LogP contribution in [0.4, 0.5) is 15.8 Å². The van der Waals surface area contributed by atoms with Gasteiger partial charge in [0.2, 0.25) is 0 Å². The van der Waals surface area contributed by atoms with Gasteiger partial charge in [-0.25, -0.2) is 4.39 Å². The van der Waals surface area contributed by atoms with Crippen LogP contribution in [0.2, 0.25) is 5.02 Å². The van der Waals surface area contributed by atoms with Crippen LogP contribution >= 0.6 is 11.6 Å². The Morgan fingerprint density at radius 2 is 1.86 bits per heavy atom. The predicted molar refractivity (Wildman–Crippen MR) is 87.9 cm³/mol. The first-order valence-electron chi connectivity index (χ1n) is 7.10. The molecule has 2 aromatic carbocycles. The van der Waals surface area contributed by atoms with Gasteiger partial charge in [-0.1, -0.05) is 24.6 Å². The summed E-state index contributed by atoms with van der Waals surface area (Å²) in [5, 5.41) is 4.09. The Balaban J connectivity index is 2.27. The molecular weight excluding hydrogens is 287 g/mol. The molecule has 4 heteroatoms. The first kappa shape index (κ1) is 15.8. The van der Waals surface area contributed by atoms with E-state index in [1.807, 2.05) is 30.1 Å². The van der Waals surface area contributed by atoms with Gasteiger partial charge in [-0.15, -0.1) is 0 Å². The van der Waals surface area contributed by atoms with Crippen molar-refractivity contribution in [2.24, 2.45) is 0 Å². The smallest absolute Gasteiger partial charge is 0.123 e. The fraction of sp³-hybridized carbons (Fsp3) is 0.294. The van der Waals surface area contributed by atoms with E-state index in [1.54, 1.807) is 12.1 Å². The van der Waals surface area contributed by atoms with Crippen molar-refractivity contribution >= 4 is 23.0 Å². The molecule has 0 saturated heterocycles. The van der Waals surface area contributed by atoms with Crippen LogP contribution in [-0.4, -0.2) is 13.6 Å². The maximum absolute atomic E-state index is 13.1. The Kier molecular flexibility index (Phi) is 5.59. The van der Waals surface area contributed by atoms with Crippen molar-refractivity contribution in [3.8, 4) is 0 Å². The molecule has 2 rings (SSSR count). The average molecular weight is 307 g/mol. The molecule has 0 saturated carbocycles. The van der Waals surface area contributed by atoms with Crippen molar-refractivity contribution in [1.82, 2.24) is 5.32 Å². The van der Waals surface area contributed by atoms with Crippen molar-refractivity contribution in [2.45, 2.75) is 19.9 Å². The van der Waals surface area contributed by atoms with Gasteiger partial charge in [0.15, 0.2) is 0 Å². The van der Waals surface area contributed by atoms with Gasteiger partial charge in [-0.05, 0) is 54.9 Å². The Labute approximate surface area is 130 Å². The predicted octanol–water partition coefficient (Wildman–Crippen LogP) is 4.75. The van der Waals surface area contributed by atoms with E-state index in [2.05, 4.69) is 12.2 Å². The molecule has 21 heavy (non-hydrogen) atoms. The van der Waals surface area contributed by atoms with Gasteiger partial charge in [-0.2, -0.15) is 0 Å². The Hall–Kier alpha value is -1.58. The zero-order valence-corrected chi connectivity index (χ0v) is 13.1. The summed E-state index contributed by atoms with van der Waals surface area (Å²) in [7, 11) is 1.96. The normalized spacial score (nSPS) is 10.7. The molecule has 0 aliphatic carbocycles. The van der Waals surface area contributed by atoms with Crippen molar-refractivity contribution in [1.29, 1.82) is 0 Å². The van der Waals surface area contributed by atoms with E-state index in [0.717, 1.165) is 30.9 Å². The molecule has 0 aliphatic heterocycles. The molecule has 0 bridgehead atoms. The third-order valence-electron chi connectivity index (χ3n) is 3.36. The van der Waals surface area contributed by atoms with Crippen LogP contribution < -0.4 is 10.2 Å². The van der Waals surface area contributed by atoms with Crippen LogP contribution in [0.25, 0.3) is 0 Å². The number of rotatable bonds is 6. The number of anilines is 2. The Bertz CT molecular complexity index is 584. The molecule has 2 nitrogen and oxygen atoms in total. The minimum Gasteiger partial charge on any atom is -0.344 e. The zero-order valence-electron chi connectivity index (χ0n) is 12.4. The van der Waals surface area contributed by atoms with Gasteiger partial charge in [-0.3, -0.25) is 0 Å². The molecule has 0 aromatic heterocycles. The number of hydrogen-bond acceptors (Lipinski definition) is 2. The first-order valence-corrected chi connectivity index (χ1v) is 7.48. The van der Waals surface area contributed by atoms with Gasteiger partial charge in [0, 0.05) is 30.0 Å². The Morgan fingerprint density at radius 1 is 1.14 bits per heavy atom. The van der Waals surface area contributed by atoms with Crippen LogP contribution in [0, 0.1) is 5.82 Å². The maximum atomic E-state index is 13.1. The highest BCUT2D eigenvalue weighted by molar-refractivity contribution is 6.30. The van der Waals surface area contributed by atoms with Gasteiger partial charge in [0.25, 0.3) is 0 Å². The van der Waals surface area contributed by atoms with E-state index >= 15 is 0 Å². The molecule has 0 amide bonds. The molecule has 0 aliphatic rings. The minimum absolute atomic E-state index is 0.233. The molecule has 0 atom stereocenters. The monoisotopic (exact) mass is 306 g/mol. The van der Waals surface area contributed by atoms with E-state index in [4.69, 9.17) is 11.6 Å². The van der Waals surface area contributed by atoms with Crippen molar-refractivity contribution in [3.05, 3.63) is 58.9 Å². The molecule has 0 spiro atoms. The molecule has 0 heterocycles. The molecule has 0 radical (unpaired) electrons. The van der Waals surface area contributed by atoms with Crippen molar-refractivity contribution in [3.63, 3.8) is 0 Å². The maximum Gasteiger partial charge on any atom is 0.123 e. The van der Waals surface area contributed by atoms with Crippen LogP contribution in [0.3, 0.4) is 0 Å². The fourth-order valence-corrected chi connectivity index (χ4v) is 2.37. The number of hydrogen-bond donors (Lipinski definition) is 1. The van der Waals surface area contributed by atoms with E-state index in [1.165, 1.54) is 17.7 Å². The lowest BCUT2D eigenvalue weighted by atomic mass is 10.1. The van der Waals surface area contributed by atoms with Gasteiger partial charge >= 0.3 is 0 Å². The highest BCUT2D eigenvalue weighted by Crippen LogP contribution is 2.29. The van der Waals surface area contributed by atoms with Crippen molar-refractivity contribution in [2.75, 3.05) is 18.5 Å². The molecule has 112 valence electrons. The molecular formula is C17H20ClFN2. The highest BCUT2D eigenvalue weighted by atomic mass is 35.5. The largest absolute Gasteiger partial charge is 0.344 e. The highest BCUT2D eigenvalue weighted by Gasteiger charge is 2.10. The summed E-state index contributed by atoms with van der Waals surface area (Å²) in [6.07, 6.45) is 1.09. The molecule has 0 fully saturated rings. The van der Waals surface area contributed by atoms with E-state index in [9.17, 15) is 4.39 Å². The lowest BCUT2D eigenvalue weighted by Gasteiger charge is -2.23. The van der Waals surface area contributed by atoms with E-state index in [-0.39, 0.29) is 5.82 Å². The summed E-state index contributed by atoms with van der Waals surface area (Å²) in [6, 6.07) is 12.3. The second kappa shape index (κ2) is 7.43. The Morgan fingerprint density at radius 3 is 2.52 bits per heavy atom. The topological polar surface area (TPSA) is 15.3 Å². The summed E-state index contributed by atoms with van der Waals surface area (Å²) in [6.45, 7) is 3.90. The summed E-state index contributed by atoms with van der Waals surface area (Å²) in [5.74, 6) is -0.233. The third-order valence-corrected chi connectivity index (χ3v) is 3.60. The van der Waals surface area contributed by atoms with Gasteiger partial charge < -0.3 is 10.2 Å². The number of nitrogens with zero attached hydrogens (tertiary/aromatic N) is 1. The standard InChI is InChI=1S/C17H20ClFN2/c1-3-10-20-12-13-4-5-14(18)11-17(13)21(2)16-8-6-15(19)7-9-16/h4-9,11,20H,3,10,12H2,1-2H3. The fourth-order valence-electron chi connectivity index (χ4n) is 2.20. The summed E-state index contributed by atoms with van der Waals surface area (Å²) in [4.78, 5) is 2.02. The molecule has 1 N–H and O–H groups in total. The van der Waals surface area contributed by atoms with E-state index in [0.29, 0.717) is 5.02 Å². The lowest BCUT2D eigenvalue weighted by Crippen LogP contribution is -2.18. The van der Waals surface area contributed by atoms with Crippen molar-refractivity contribution < 1.29 is 4.39 Å². The van der Waals surface area contributed by atoms with Gasteiger partial charge in [0.05, 0.1) is 0 Å². The summed E-state index contributed by atoms with van der Waals surface area (Å²) in [5.41, 5.74) is 3.12. The zero-order chi connectivity index (χ0) is 15.2. The minimum atomic E-state index is -0.233. The van der Waals surface area contributed by atoms with Crippen LogP contribution in [0.15, 0.2) is 42.5 Å². The molecule has 2 aromatic rings. The summed E-state index contributed by atoms with van der Waals surface area (Å²) >= 11 is 6.13. The second-order valence-electron chi connectivity index (χ2n) is 4.99. The number of halogens is 2. The third kappa shape index (κ3) is 4.19.